The summed E-state index contributed by atoms with van der Waals surface area (Å²) in [6.45, 7) is 2.00. The molecule has 1 amide bonds. The van der Waals surface area contributed by atoms with Crippen molar-refractivity contribution in [3.63, 3.8) is 0 Å². The van der Waals surface area contributed by atoms with Crippen molar-refractivity contribution < 1.29 is 34.8 Å². The first-order valence-corrected chi connectivity index (χ1v) is 10.9. The van der Waals surface area contributed by atoms with Gasteiger partial charge in [-0.3, -0.25) is 19.3 Å². The number of rotatable bonds is 4. The third-order valence-electron chi connectivity index (χ3n) is 7.22. The van der Waals surface area contributed by atoms with Crippen molar-refractivity contribution in [2.45, 2.75) is 44.2 Å². The number of aliphatic hydroxyl groups excluding tert-OH is 2. The van der Waals surface area contributed by atoms with Gasteiger partial charge in [0, 0.05) is 11.5 Å². The second-order valence-corrected chi connectivity index (χ2v) is 9.31. The van der Waals surface area contributed by atoms with E-state index in [-0.39, 0.29) is 23.3 Å². The first kappa shape index (κ1) is 23.0. The molecule has 0 saturated carbocycles. The first-order valence-electron chi connectivity index (χ1n) is 10.9. The van der Waals surface area contributed by atoms with E-state index in [1.54, 1.807) is 20.2 Å². The largest absolute Gasteiger partial charge is 0.510 e. The van der Waals surface area contributed by atoms with Crippen molar-refractivity contribution in [1.29, 1.82) is 0 Å². The first-order chi connectivity index (χ1) is 15.5. The van der Waals surface area contributed by atoms with E-state index in [0.717, 1.165) is 12.0 Å². The van der Waals surface area contributed by atoms with Crippen LogP contribution in [0.3, 0.4) is 0 Å². The molecule has 176 valence electrons. The number of amides is 1. The zero-order valence-electron chi connectivity index (χ0n) is 18.8. The molecule has 33 heavy (non-hydrogen) atoms. The number of fused-ring (bicyclic) bond motifs is 3. The highest BCUT2D eigenvalue weighted by atomic mass is 16.3. The summed E-state index contributed by atoms with van der Waals surface area (Å²) in [5.74, 6) is -6.35. The Labute approximate surface area is 190 Å². The fraction of sp³-hybridized carbons (Fsp3) is 0.458. The van der Waals surface area contributed by atoms with Gasteiger partial charge in [0.15, 0.2) is 11.4 Å². The molecule has 4 rings (SSSR count). The predicted octanol–water partition coefficient (Wildman–Crippen LogP) is 1.07. The molecule has 0 unspecified atom stereocenters. The molecule has 9 nitrogen and oxygen atoms in total. The van der Waals surface area contributed by atoms with Gasteiger partial charge in [0.05, 0.1) is 11.6 Å². The number of phenols is 1. The molecular weight excluding hydrogens is 428 g/mol. The van der Waals surface area contributed by atoms with Crippen molar-refractivity contribution in [3.8, 4) is 5.75 Å². The van der Waals surface area contributed by atoms with Crippen LogP contribution in [0.2, 0.25) is 0 Å². The average Bonchev–Trinajstić information content (AvgIpc) is 2.72. The molecule has 4 atom stereocenters. The molecule has 0 aliphatic heterocycles. The number of likely N-dealkylation sites (N-methyl/N-ethyl adjacent to an activating group) is 1. The van der Waals surface area contributed by atoms with Gasteiger partial charge in [-0.1, -0.05) is 19.4 Å². The number of allylic oxidation sites excluding steroid dienone is 1. The number of ketones is 2. The van der Waals surface area contributed by atoms with Crippen LogP contribution in [0.25, 0.3) is 0 Å². The van der Waals surface area contributed by atoms with Crippen molar-refractivity contribution >= 4 is 17.5 Å². The topological polar surface area (TPSA) is 161 Å². The lowest BCUT2D eigenvalue weighted by Gasteiger charge is -2.50. The predicted molar refractivity (Wildman–Crippen MR) is 118 cm³/mol. The number of phenolic OH excluding ortho intramolecular Hbond substituents is 1. The van der Waals surface area contributed by atoms with Crippen molar-refractivity contribution in [1.82, 2.24) is 4.90 Å². The summed E-state index contributed by atoms with van der Waals surface area (Å²) in [5, 5.41) is 43.9. The number of primary amides is 1. The van der Waals surface area contributed by atoms with Gasteiger partial charge in [-0.2, -0.15) is 0 Å². The molecule has 1 aromatic rings. The monoisotopic (exact) mass is 456 g/mol. The summed E-state index contributed by atoms with van der Waals surface area (Å²) >= 11 is 0. The van der Waals surface area contributed by atoms with Gasteiger partial charge in [-0.05, 0) is 56.5 Å². The summed E-state index contributed by atoms with van der Waals surface area (Å²) in [5.41, 5.74) is 3.43. The zero-order chi connectivity index (χ0) is 24.4. The Morgan fingerprint density at radius 2 is 1.88 bits per heavy atom. The van der Waals surface area contributed by atoms with E-state index in [2.05, 4.69) is 0 Å². The van der Waals surface area contributed by atoms with Crippen LogP contribution in [0.15, 0.2) is 34.8 Å². The Balaban J connectivity index is 1.96. The van der Waals surface area contributed by atoms with Gasteiger partial charge in [-0.15, -0.1) is 0 Å². The van der Waals surface area contributed by atoms with E-state index < -0.39 is 58.0 Å². The van der Waals surface area contributed by atoms with Crippen LogP contribution >= 0.6 is 0 Å². The van der Waals surface area contributed by atoms with E-state index in [1.807, 2.05) is 6.92 Å². The highest BCUT2D eigenvalue weighted by Crippen LogP contribution is 2.52. The molecule has 0 bridgehead atoms. The number of aromatic hydroxyl groups is 1. The third kappa shape index (κ3) is 3.02. The number of benzene rings is 1. The fourth-order valence-electron chi connectivity index (χ4n) is 5.82. The second kappa shape index (κ2) is 7.71. The van der Waals surface area contributed by atoms with E-state index in [9.17, 15) is 34.8 Å². The maximum Gasteiger partial charge on any atom is 0.255 e. The zero-order valence-corrected chi connectivity index (χ0v) is 18.8. The lowest BCUT2D eigenvalue weighted by Crippen LogP contribution is -2.63. The molecule has 1 aromatic carbocycles. The van der Waals surface area contributed by atoms with Gasteiger partial charge in [0.25, 0.3) is 5.91 Å². The van der Waals surface area contributed by atoms with E-state index in [1.165, 1.54) is 11.0 Å². The molecule has 0 heterocycles. The third-order valence-corrected chi connectivity index (χ3v) is 7.22. The Kier molecular flexibility index (Phi) is 5.37. The van der Waals surface area contributed by atoms with Crippen LogP contribution in [0.5, 0.6) is 5.75 Å². The number of carbonyl (C=O) groups is 3. The van der Waals surface area contributed by atoms with E-state index in [4.69, 9.17) is 5.73 Å². The molecular formula is C24H28N2O7. The van der Waals surface area contributed by atoms with Gasteiger partial charge >= 0.3 is 0 Å². The molecule has 0 aromatic heterocycles. The minimum atomic E-state index is -2.61. The normalized spacial score (nSPS) is 29.2. The number of nitrogens with zero attached hydrogens (tertiary/aromatic N) is 1. The highest BCUT2D eigenvalue weighted by Gasteiger charge is 2.63. The van der Waals surface area contributed by atoms with Crippen LogP contribution in [0.1, 0.15) is 41.3 Å². The quantitative estimate of drug-likeness (QED) is 0.420. The summed E-state index contributed by atoms with van der Waals surface area (Å²) in [7, 11) is 3.20. The summed E-state index contributed by atoms with van der Waals surface area (Å²) < 4.78 is 0. The Morgan fingerprint density at radius 1 is 1.21 bits per heavy atom. The van der Waals surface area contributed by atoms with E-state index >= 15 is 0 Å². The van der Waals surface area contributed by atoms with Crippen LogP contribution in [-0.4, -0.2) is 68.5 Å². The van der Waals surface area contributed by atoms with Crippen LogP contribution in [-0.2, 0) is 22.4 Å². The molecule has 6 N–H and O–H groups in total. The van der Waals surface area contributed by atoms with Gasteiger partial charge in [0.1, 0.15) is 22.8 Å². The smallest absolute Gasteiger partial charge is 0.255 e. The molecule has 9 heteroatoms. The Hall–Kier alpha value is -3.17. The molecule has 0 fully saturated rings. The van der Waals surface area contributed by atoms with Crippen molar-refractivity contribution in [2.24, 2.45) is 17.6 Å². The number of hydrogen-bond acceptors (Lipinski definition) is 8. The second-order valence-electron chi connectivity index (χ2n) is 9.31. The Morgan fingerprint density at radius 3 is 2.45 bits per heavy atom. The maximum atomic E-state index is 13.5. The number of nitrogens with two attached hydrogens (primary N) is 1. The van der Waals surface area contributed by atoms with Gasteiger partial charge in [-0.25, -0.2) is 0 Å². The summed E-state index contributed by atoms with van der Waals surface area (Å²) in [4.78, 5) is 40.2. The summed E-state index contributed by atoms with van der Waals surface area (Å²) in [6, 6.07) is 2.22. The molecule has 0 saturated heterocycles. The fourth-order valence-corrected chi connectivity index (χ4v) is 5.82. The Bertz CT molecular complexity index is 1150. The van der Waals surface area contributed by atoms with Crippen molar-refractivity contribution in [2.75, 3.05) is 14.1 Å². The average molecular weight is 456 g/mol. The molecule has 0 spiro atoms. The van der Waals surface area contributed by atoms with Gasteiger partial charge < -0.3 is 26.2 Å². The lowest BCUT2D eigenvalue weighted by atomic mass is 9.58. The number of aliphatic hydroxyl groups is 3. The highest BCUT2D eigenvalue weighted by molar-refractivity contribution is 6.24. The molecule has 3 aliphatic rings. The lowest BCUT2D eigenvalue weighted by molar-refractivity contribution is -0.148. The molecule has 0 radical (unpaired) electrons. The number of aryl methyl sites for hydroxylation is 1. The van der Waals surface area contributed by atoms with E-state index in [0.29, 0.717) is 18.4 Å². The van der Waals surface area contributed by atoms with Crippen LogP contribution in [0, 0.1) is 11.8 Å². The van der Waals surface area contributed by atoms with Crippen LogP contribution in [0.4, 0.5) is 0 Å². The molecule has 3 aliphatic carbocycles. The standard InChI is InChI=1S/C24H28N2O7/c1-4-5-10-6-7-14(27)16-12(10)8-11-9-13-18(26(2)3)20(29)17(23(25)32)22(31)24(13,33)21(30)15(11)19(16)28/h6-7,11,13,18,27,29-30,33H,4-5,8-9H2,1-3H3,(H2,25,32)/t11-,13-,18+,24-/m0/s1. The van der Waals surface area contributed by atoms with Crippen LogP contribution < -0.4 is 5.73 Å². The van der Waals surface area contributed by atoms with Gasteiger partial charge in [0.2, 0.25) is 5.78 Å². The maximum absolute atomic E-state index is 13.5. The van der Waals surface area contributed by atoms with Crippen molar-refractivity contribution in [3.05, 3.63) is 51.5 Å². The minimum Gasteiger partial charge on any atom is -0.510 e. The number of Topliss-reactive ketones (excluding diaryl/α,β-unsaturated/α-hetero) is 2. The number of carbonyl (C=O) groups excluding carboxylic acids is 3. The summed E-state index contributed by atoms with van der Waals surface area (Å²) in [6.07, 6.45) is 1.94. The SMILES string of the molecule is CCCc1ccc(O)c2c1C[C@H]1C[C@H]3[C@@H](N(C)C)C(O)=C(C(N)=O)C(=O)[C@@]3(O)C(O)=C1C2=O. The number of hydrogen-bond donors (Lipinski definition) is 5. The minimum absolute atomic E-state index is 0.0572.